The lowest BCUT2D eigenvalue weighted by Gasteiger charge is -2.28. The van der Waals surface area contributed by atoms with Crippen LogP contribution in [-0.2, 0) is 76.8 Å². The van der Waals surface area contributed by atoms with E-state index in [1.807, 2.05) is 20.1 Å². The van der Waals surface area contributed by atoms with Crippen molar-refractivity contribution in [3.8, 4) is 0 Å². The average Bonchev–Trinajstić information content (AvgIpc) is 4.17. The van der Waals surface area contributed by atoms with Gasteiger partial charge in [0.1, 0.15) is 48.3 Å². The number of carbonyl (C=O) groups excluding carboxylic acids is 10. The molecule has 85 heavy (non-hydrogen) atoms. The van der Waals surface area contributed by atoms with Crippen molar-refractivity contribution in [3.05, 3.63) is 90.0 Å². The molecule has 3 rings (SSSR count). The molecule has 0 saturated heterocycles. The summed E-state index contributed by atoms with van der Waals surface area (Å²) in [6.45, 7) is 6.36. The van der Waals surface area contributed by atoms with Gasteiger partial charge in [-0.15, -0.1) is 0 Å². The zero-order valence-corrected chi connectivity index (χ0v) is 50.3. The Labute approximate surface area is 502 Å². The van der Waals surface area contributed by atoms with Crippen LogP contribution in [0.1, 0.15) is 76.6 Å². The Morgan fingerprint density at radius 1 is 0.529 bits per heavy atom. The van der Waals surface area contributed by atoms with Gasteiger partial charge in [-0.3, -0.25) is 57.5 Å². The summed E-state index contributed by atoms with van der Waals surface area (Å²) in [7, 11) is 1.45. The first-order valence-corrected chi connectivity index (χ1v) is 30.3. The molecule has 0 saturated carbocycles. The van der Waals surface area contributed by atoms with E-state index in [-0.39, 0.29) is 38.0 Å². The second-order valence-corrected chi connectivity index (χ2v) is 22.7. The highest BCUT2D eigenvalue weighted by molar-refractivity contribution is 7.98. The molecule has 2 aromatic carbocycles. The lowest BCUT2D eigenvalue weighted by Crippen LogP contribution is -2.61. The lowest BCUT2D eigenvalue weighted by molar-refractivity contribution is -0.142. The molecular formula is C56H81N13O14S2. The van der Waals surface area contributed by atoms with E-state index in [4.69, 9.17) is 10.8 Å². The summed E-state index contributed by atoms with van der Waals surface area (Å²) < 4.78 is 0. The molecule has 0 unspecified atom stereocenters. The standard InChI is InChI=1S/C56H81N13O14S2/c1-31(2)22-39(51(78)64-37(18-20-84-6)49(76)58-5)62-44(70)29-60-56(83)47(32(3)4)69-55(82)41(24-34-16-12-9-13-17-34)66-52(79)40(23-33-14-10-8-11-15-33)65-54(81)43(27-46(73)74)68-53(80)42(25-35-28-59-30-61-35)67-50(77)38(19-21-85-7)63-48(75)36(57)26-45(71)72/h8-17,28,30-32,36-43,47H,18-27,29,57H2,1-7H3,(H,58,76)(H,59,61)(H,60,83)(H,62,70)(H,63,75)(H,64,78)(H,65,81)(H,66,79)(H,67,77)(H,68,80)(H,69,82)(H,71,72)(H,73,74)/t36-,37-,38-,39-,40-,41-,42-,43-,47-/m0/s1. The molecule has 15 N–H and O–H groups in total. The molecule has 0 bridgehead atoms. The van der Waals surface area contributed by atoms with Crippen LogP contribution in [0.25, 0.3) is 0 Å². The highest BCUT2D eigenvalue weighted by Crippen LogP contribution is 2.13. The molecule has 10 amide bonds. The Morgan fingerprint density at radius 2 is 0.965 bits per heavy atom. The zero-order chi connectivity index (χ0) is 63.2. The number of rotatable bonds is 38. The number of aromatic nitrogens is 2. The van der Waals surface area contributed by atoms with E-state index in [2.05, 4.69) is 63.1 Å². The number of aromatic amines is 1. The van der Waals surface area contributed by atoms with Gasteiger partial charge in [-0.25, -0.2) is 4.98 Å². The molecule has 1 heterocycles. The molecule has 9 atom stereocenters. The van der Waals surface area contributed by atoms with Crippen molar-refractivity contribution < 1.29 is 67.7 Å². The number of H-pyrrole nitrogens is 1. The van der Waals surface area contributed by atoms with Crippen molar-refractivity contribution in [2.45, 2.75) is 133 Å². The quantitative estimate of drug-likeness (QED) is 0.0316. The largest absolute Gasteiger partial charge is 0.481 e. The van der Waals surface area contributed by atoms with Crippen LogP contribution in [0, 0.1) is 11.8 Å². The summed E-state index contributed by atoms with van der Waals surface area (Å²) in [5, 5.41) is 44.9. The van der Waals surface area contributed by atoms with Gasteiger partial charge < -0.3 is 74.1 Å². The molecule has 0 aliphatic carbocycles. The molecule has 1 aromatic heterocycles. The van der Waals surface area contributed by atoms with E-state index in [0.29, 0.717) is 34.7 Å². The first-order valence-electron chi connectivity index (χ1n) is 27.5. The number of likely N-dealkylation sites (N-methyl/N-ethyl adjacent to an activating group) is 1. The third-order valence-electron chi connectivity index (χ3n) is 12.9. The van der Waals surface area contributed by atoms with E-state index >= 15 is 0 Å². The van der Waals surface area contributed by atoms with Gasteiger partial charge in [0, 0.05) is 38.2 Å². The van der Waals surface area contributed by atoms with Crippen molar-refractivity contribution >= 4 is 94.5 Å². The summed E-state index contributed by atoms with van der Waals surface area (Å²) in [5.41, 5.74) is 7.15. The molecule has 466 valence electrons. The summed E-state index contributed by atoms with van der Waals surface area (Å²) >= 11 is 2.82. The van der Waals surface area contributed by atoms with Gasteiger partial charge in [0.25, 0.3) is 0 Å². The molecule has 29 heteroatoms. The van der Waals surface area contributed by atoms with Gasteiger partial charge in [-0.05, 0) is 66.2 Å². The number of thioether (sulfide) groups is 2. The summed E-state index contributed by atoms with van der Waals surface area (Å²) in [4.78, 5) is 168. The van der Waals surface area contributed by atoms with Crippen molar-refractivity contribution in [2.24, 2.45) is 17.6 Å². The van der Waals surface area contributed by atoms with Crippen molar-refractivity contribution in [3.63, 3.8) is 0 Å². The number of amides is 10. The topological polar surface area (TPSA) is 420 Å². The zero-order valence-electron chi connectivity index (χ0n) is 48.7. The second-order valence-electron chi connectivity index (χ2n) is 20.7. The van der Waals surface area contributed by atoms with Crippen LogP contribution in [0.2, 0.25) is 0 Å². The second kappa shape index (κ2) is 37.3. The summed E-state index contributed by atoms with van der Waals surface area (Å²) in [5.74, 6) is -11.0. The molecule has 0 aliphatic heterocycles. The van der Waals surface area contributed by atoms with Crippen LogP contribution in [0.15, 0.2) is 73.2 Å². The lowest BCUT2D eigenvalue weighted by atomic mass is 9.99. The van der Waals surface area contributed by atoms with Crippen LogP contribution in [0.5, 0.6) is 0 Å². The minimum atomic E-state index is -1.90. The van der Waals surface area contributed by atoms with Crippen LogP contribution >= 0.6 is 23.5 Å². The smallest absolute Gasteiger partial charge is 0.305 e. The van der Waals surface area contributed by atoms with Gasteiger partial charge in [-0.1, -0.05) is 88.4 Å². The molecule has 0 fully saturated rings. The van der Waals surface area contributed by atoms with Crippen LogP contribution in [0.3, 0.4) is 0 Å². The minimum Gasteiger partial charge on any atom is -0.481 e. The fourth-order valence-corrected chi connectivity index (χ4v) is 9.39. The van der Waals surface area contributed by atoms with E-state index in [1.165, 1.54) is 43.1 Å². The Hall–Kier alpha value is -8.05. The first kappa shape index (κ1) is 71.2. The SMILES string of the molecule is CNC(=O)[C@H](CCSC)NC(=O)[C@H](CC(C)C)NC(=O)CNC(=O)[C@@H](NC(=O)[C@H](Cc1ccccc1)NC(=O)[C@H](Cc1ccccc1)NC(=O)[C@H](CC(=O)O)NC(=O)[C@H](Cc1cnc[nH]1)NC(=O)[C@H](CCSC)NC(=O)[C@@H](N)CC(=O)O)C(C)C. The summed E-state index contributed by atoms with van der Waals surface area (Å²) in [6, 6.07) is 4.35. The van der Waals surface area contributed by atoms with Crippen LogP contribution in [0.4, 0.5) is 0 Å². The monoisotopic (exact) mass is 1220 g/mol. The maximum absolute atomic E-state index is 14.7. The van der Waals surface area contributed by atoms with Crippen molar-refractivity contribution in [1.82, 2.24) is 63.1 Å². The number of nitrogens with one attached hydrogen (secondary N) is 11. The molecule has 0 aliphatic rings. The van der Waals surface area contributed by atoms with Gasteiger partial charge in [0.2, 0.25) is 59.1 Å². The van der Waals surface area contributed by atoms with Gasteiger partial charge in [-0.2, -0.15) is 23.5 Å². The average molecular weight is 1220 g/mol. The Kier molecular flexibility index (Phi) is 31.3. The molecular weight excluding hydrogens is 1140 g/mol. The van der Waals surface area contributed by atoms with E-state index < -0.39 is 151 Å². The number of carboxylic acids is 2. The predicted octanol–water partition coefficient (Wildman–Crippen LogP) is -1.34. The maximum atomic E-state index is 14.7. The van der Waals surface area contributed by atoms with E-state index in [1.54, 1.807) is 80.8 Å². The van der Waals surface area contributed by atoms with Crippen molar-refractivity contribution in [2.75, 3.05) is 37.6 Å². The number of aliphatic carboxylic acids is 2. The van der Waals surface area contributed by atoms with Gasteiger partial charge in [0.15, 0.2) is 0 Å². The van der Waals surface area contributed by atoms with Crippen LogP contribution < -0.4 is 58.9 Å². The normalized spacial score (nSPS) is 14.2. The Morgan fingerprint density at radius 3 is 1.42 bits per heavy atom. The third-order valence-corrected chi connectivity index (χ3v) is 14.2. The number of hydrogen-bond acceptors (Lipinski definition) is 16. The first-order chi connectivity index (χ1) is 40.3. The number of imidazole rings is 1. The number of hydrogen-bond donors (Lipinski definition) is 14. The fourth-order valence-electron chi connectivity index (χ4n) is 8.45. The number of nitrogens with two attached hydrogens (primary N) is 1. The molecule has 0 radical (unpaired) electrons. The van der Waals surface area contributed by atoms with Crippen LogP contribution in [-0.4, -0.2) is 183 Å². The highest BCUT2D eigenvalue weighted by Gasteiger charge is 2.36. The maximum Gasteiger partial charge on any atom is 0.305 e. The number of benzene rings is 2. The number of carbonyl (C=O) groups is 12. The van der Waals surface area contributed by atoms with Gasteiger partial charge >= 0.3 is 11.9 Å². The molecule has 0 spiro atoms. The number of carboxylic acid groups (broad SMARTS) is 2. The predicted molar refractivity (Wildman–Crippen MR) is 318 cm³/mol. The van der Waals surface area contributed by atoms with E-state index in [9.17, 15) is 62.6 Å². The molecule has 27 nitrogen and oxygen atoms in total. The molecule has 3 aromatic rings. The van der Waals surface area contributed by atoms with Gasteiger partial charge in [0.05, 0.1) is 31.8 Å². The third kappa shape index (κ3) is 26.2. The highest BCUT2D eigenvalue weighted by atomic mass is 32.2. The Bertz CT molecular complexity index is 2710. The van der Waals surface area contributed by atoms with Crippen molar-refractivity contribution in [1.29, 1.82) is 0 Å². The summed E-state index contributed by atoms with van der Waals surface area (Å²) in [6.07, 6.45) is 4.37. The van der Waals surface area contributed by atoms with E-state index in [0.717, 1.165) is 0 Å². The number of nitrogens with zero attached hydrogens (tertiary/aromatic N) is 1. The minimum absolute atomic E-state index is 0.0137. The Balaban J connectivity index is 1.92. The fraction of sp³-hybridized carbons (Fsp3) is 0.518.